The van der Waals surface area contributed by atoms with Gasteiger partial charge in [0.25, 0.3) is 5.91 Å². The molecule has 2 aliphatic carbocycles. The Morgan fingerprint density at radius 2 is 2.24 bits per heavy atom. The highest BCUT2D eigenvalue weighted by Crippen LogP contribution is 2.34. The second-order valence-corrected chi connectivity index (χ2v) is 7.27. The molecule has 0 aromatic carbocycles. The zero-order valence-corrected chi connectivity index (χ0v) is 15.2. The minimum atomic E-state index is -0.0311. The fraction of sp³-hybridized carbons (Fsp3) is 0.579. The first kappa shape index (κ1) is 16.2. The van der Waals surface area contributed by atoms with Crippen LogP contribution in [-0.2, 0) is 19.9 Å². The molecule has 0 aliphatic heterocycles. The number of rotatable bonds is 3. The lowest BCUT2D eigenvalue weighted by atomic mass is 9.93. The SMILES string of the molecule is CC[C@H]1CCCC1NC(=O)c1nn(C)c2c1CCc1cnc(C)nc1-2.[HH]. The summed E-state index contributed by atoms with van der Waals surface area (Å²) >= 11 is 0. The molecule has 1 fully saturated rings. The predicted octanol–water partition coefficient (Wildman–Crippen LogP) is 2.84. The van der Waals surface area contributed by atoms with Gasteiger partial charge in [0, 0.05) is 26.3 Å². The zero-order valence-electron chi connectivity index (χ0n) is 15.2. The summed E-state index contributed by atoms with van der Waals surface area (Å²) in [5.41, 5.74) is 4.62. The maximum absolute atomic E-state index is 12.9. The fourth-order valence-electron chi connectivity index (χ4n) is 4.38. The van der Waals surface area contributed by atoms with Crippen LogP contribution in [0.1, 0.15) is 61.5 Å². The molecule has 6 nitrogen and oxygen atoms in total. The van der Waals surface area contributed by atoms with Crippen LogP contribution in [0, 0.1) is 12.8 Å². The van der Waals surface area contributed by atoms with Crippen LogP contribution in [0.5, 0.6) is 0 Å². The molecule has 1 unspecified atom stereocenters. The standard InChI is InChI=1S/C19H25N5O.H2/c1-4-12-6-5-7-15(12)22-19(25)17-14-9-8-13-10-20-11(2)21-16(13)18(14)24(3)23-17;/h10,12,15H,4-9H2,1-3H3,(H,22,25);1H/t12-,15?;/m0./s1. The highest BCUT2D eigenvalue weighted by molar-refractivity contribution is 5.96. The molecule has 2 aromatic heterocycles. The quantitative estimate of drug-likeness (QED) is 0.932. The van der Waals surface area contributed by atoms with E-state index in [4.69, 9.17) is 0 Å². The number of aryl methyl sites for hydroxylation is 3. The molecule has 25 heavy (non-hydrogen) atoms. The first-order chi connectivity index (χ1) is 12.1. The van der Waals surface area contributed by atoms with Crippen molar-refractivity contribution in [1.29, 1.82) is 0 Å². The number of nitrogens with one attached hydrogen (secondary N) is 1. The van der Waals surface area contributed by atoms with E-state index in [1.165, 1.54) is 12.8 Å². The molecule has 2 aromatic rings. The van der Waals surface area contributed by atoms with Crippen LogP contribution in [0.4, 0.5) is 0 Å². The maximum atomic E-state index is 12.9. The van der Waals surface area contributed by atoms with E-state index in [0.29, 0.717) is 11.6 Å². The van der Waals surface area contributed by atoms with Gasteiger partial charge >= 0.3 is 0 Å². The third-order valence-corrected chi connectivity index (χ3v) is 5.71. The Labute approximate surface area is 149 Å². The number of carbonyl (C=O) groups excluding carboxylic acids is 1. The molecular formula is C19H27N5O. The number of aromatic nitrogens is 4. The van der Waals surface area contributed by atoms with Crippen LogP contribution >= 0.6 is 0 Å². The van der Waals surface area contributed by atoms with Crippen molar-refractivity contribution in [2.24, 2.45) is 13.0 Å². The summed E-state index contributed by atoms with van der Waals surface area (Å²) in [6, 6.07) is 0.288. The minimum absolute atomic E-state index is 0. The van der Waals surface area contributed by atoms with E-state index in [9.17, 15) is 4.79 Å². The Bertz CT molecular complexity index is 832. The maximum Gasteiger partial charge on any atom is 0.272 e. The van der Waals surface area contributed by atoms with Crippen molar-refractivity contribution in [3.05, 3.63) is 28.8 Å². The normalized spacial score (nSPS) is 21.7. The largest absolute Gasteiger partial charge is 0.348 e. The molecule has 0 saturated heterocycles. The minimum Gasteiger partial charge on any atom is -0.348 e. The lowest BCUT2D eigenvalue weighted by Gasteiger charge is -2.20. The third-order valence-electron chi connectivity index (χ3n) is 5.71. The lowest BCUT2D eigenvalue weighted by molar-refractivity contribution is 0.0920. The summed E-state index contributed by atoms with van der Waals surface area (Å²) in [4.78, 5) is 21.8. The smallest absolute Gasteiger partial charge is 0.272 e. The van der Waals surface area contributed by atoms with Crippen molar-refractivity contribution >= 4 is 5.91 Å². The van der Waals surface area contributed by atoms with E-state index in [1.807, 2.05) is 20.2 Å². The Balaban J connectivity index is 0.00000196. The van der Waals surface area contributed by atoms with Crippen molar-refractivity contribution in [2.75, 3.05) is 0 Å². The average Bonchev–Trinajstić information content (AvgIpc) is 3.18. The van der Waals surface area contributed by atoms with Gasteiger partial charge < -0.3 is 5.32 Å². The number of nitrogens with zero attached hydrogens (tertiary/aromatic N) is 4. The summed E-state index contributed by atoms with van der Waals surface area (Å²) in [6.07, 6.45) is 8.18. The van der Waals surface area contributed by atoms with Crippen LogP contribution in [0.15, 0.2) is 6.20 Å². The molecule has 134 valence electrons. The van der Waals surface area contributed by atoms with E-state index in [1.54, 1.807) is 4.68 Å². The second-order valence-electron chi connectivity index (χ2n) is 7.27. The van der Waals surface area contributed by atoms with E-state index in [0.717, 1.165) is 54.0 Å². The van der Waals surface area contributed by atoms with Crippen LogP contribution in [0.2, 0.25) is 0 Å². The van der Waals surface area contributed by atoms with Crippen molar-refractivity contribution in [3.8, 4) is 11.4 Å². The first-order valence-corrected chi connectivity index (χ1v) is 9.28. The van der Waals surface area contributed by atoms with Gasteiger partial charge in [-0.2, -0.15) is 5.10 Å². The third kappa shape index (κ3) is 2.73. The van der Waals surface area contributed by atoms with Crippen LogP contribution in [0.3, 0.4) is 0 Å². The average molecular weight is 341 g/mol. The van der Waals surface area contributed by atoms with Crippen molar-refractivity contribution < 1.29 is 6.22 Å². The molecular weight excluding hydrogens is 314 g/mol. The van der Waals surface area contributed by atoms with Gasteiger partial charge in [0.2, 0.25) is 0 Å². The number of hydrogen-bond donors (Lipinski definition) is 1. The predicted molar refractivity (Wildman–Crippen MR) is 97.4 cm³/mol. The van der Waals surface area contributed by atoms with Gasteiger partial charge in [0.1, 0.15) is 5.82 Å². The van der Waals surface area contributed by atoms with E-state index >= 15 is 0 Å². The fourth-order valence-corrected chi connectivity index (χ4v) is 4.38. The van der Waals surface area contributed by atoms with E-state index < -0.39 is 0 Å². The van der Waals surface area contributed by atoms with Gasteiger partial charge in [-0.25, -0.2) is 9.97 Å². The van der Waals surface area contributed by atoms with Gasteiger partial charge in [0.15, 0.2) is 5.69 Å². The molecule has 0 radical (unpaired) electrons. The highest BCUT2D eigenvalue weighted by atomic mass is 16.2. The second kappa shape index (κ2) is 6.24. The van der Waals surface area contributed by atoms with Gasteiger partial charge in [-0.3, -0.25) is 9.48 Å². The molecule has 0 bridgehead atoms. The molecule has 0 spiro atoms. The molecule has 6 heteroatoms. The van der Waals surface area contributed by atoms with E-state index in [2.05, 4.69) is 27.3 Å². The number of carbonyl (C=O) groups is 1. The summed E-state index contributed by atoms with van der Waals surface area (Å²) < 4.78 is 1.81. The number of fused-ring (bicyclic) bond motifs is 3. The summed E-state index contributed by atoms with van der Waals surface area (Å²) in [7, 11) is 1.90. The zero-order chi connectivity index (χ0) is 17.6. The number of hydrogen-bond acceptors (Lipinski definition) is 4. The monoisotopic (exact) mass is 341 g/mol. The highest BCUT2D eigenvalue weighted by Gasteiger charge is 2.32. The summed E-state index contributed by atoms with van der Waals surface area (Å²) in [6.45, 7) is 4.10. The Morgan fingerprint density at radius 1 is 1.40 bits per heavy atom. The van der Waals surface area contributed by atoms with Crippen molar-refractivity contribution in [1.82, 2.24) is 25.1 Å². The number of amides is 1. The van der Waals surface area contributed by atoms with Gasteiger partial charge in [-0.05, 0) is 44.1 Å². The molecule has 2 atom stereocenters. The Hall–Kier alpha value is -2.24. The Kier molecular flexibility index (Phi) is 4.06. The summed E-state index contributed by atoms with van der Waals surface area (Å²) in [5, 5.41) is 7.81. The summed E-state index contributed by atoms with van der Waals surface area (Å²) in [5.74, 6) is 1.31. The first-order valence-electron chi connectivity index (χ1n) is 9.28. The van der Waals surface area contributed by atoms with Gasteiger partial charge in [-0.1, -0.05) is 19.8 Å². The molecule has 4 rings (SSSR count). The van der Waals surface area contributed by atoms with Gasteiger partial charge in [0.05, 0.1) is 11.4 Å². The topological polar surface area (TPSA) is 72.7 Å². The molecule has 1 saturated carbocycles. The van der Waals surface area contributed by atoms with Crippen molar-refractivity contribution in [2.45, 2.75) is 58.4 Å². The van der Waals surface area contributed by atoms with Gasteiger partial charge in [-0.15, -0.1) is 0 Å². The van der Waals surface area contributed by atoms with Crippen molar-refractivity contribution in [3.63, 3.8) is 0 Å². The van der Waals surface area contributed by atoms with Crippen LogP contribution in [0.25, 0.3) is 11.4 Å². The molecule has 1 amide bonds. The molecule has 2 heterocycles. The van der Waals surface area contributed by atoms with Crippen LogP contribution in [-0.4, -0.2) is 31.7 Å². The van der Waals surface area contributed by atoms with Crippen LogP contribution < -0.4 is 5.32 Å². The Morgan fingerprint density at radius 3 is 3.04 bits per heavy atom. The lowest BCUT2D eigenvalue weighted by Crippen LogP contribution is -2.37. The molecule has 1 N–H and O–H groups in total. The van der Waals surface area contributed by atoms with E-state index in [-0.39, 0.29) is 13.4 Å². The molecule has 2 aliphatic rings.